The Morgan fingerprint density at radius 3 is 2.67 bits per heavy atom. The fourth-order valence-electron chi connectivity index (χ4n) is 3.18. The maximum absolute atomic E-state index is 12.2. The quantitative estimate of drug-likeness (QED) is 0.535. The molecule has 144 valence electrons. The monoisotopic (exact) mass is 384 g/mol. The van der Waals surface area contributed by atoms with Crippen molar-refractivity contribution in [3.05, 3.63) is 42.2 Å². The van der Waals surface area contributed by atoms with Crippen LogP contribution in [0.1, 0.15) is 44.6 Å². The highest BCUT2D eigenvalue weighted by molar-refractivity contribution is 7.99. The molecule has 2 aromatic rings. The maximum atomic E-state index is 12.2. The zero-order valence-electron chi connectivity index (χ0n) is 16.0. The van der Waals surface area contributed by atoms with Gasteiger partial charge in [0.2, 0.25) is 5.91 Å². The van der Waals surface area contributed by atoms with Crippen molar-refractivity contribution in [3.63, 3.8) is 0 Å². The number of hydrogen-bond acceptors (Lipinski definition) is 5. The summed E-state index contributed by atoms with van der Waals surface area (Å²) in [6.07, 6.45) is 8.80. The predicted molar refractivity (Wildman–Crippen MR) is 113 cm³/mol. The molecule has 0 radical (unpaired) electrons. The number of aromatic nitrogens is 2. The lowest BCUT2D eigenvalue weighted by atomic mass is 10.1. The second kappa shape index (κ2) is 10.3. The van der Waals surface area contributed by atoms with Crippen LogP contribution >= 0.6 is 11.8 Å². The first-order chi connectivity index (χ1) is 13.2. The molecule has 0 bridgehead atoms. The van der Waals surface area contributed by atoms with Gasteiger partial charge in [0.25, 0.3) is 0 Å². The van der Waals surface area contributed by atoms with E-state index in [2.05, 4.69) is 39.2 Å². The van der Waals surface area contributed by atoms with Gasteiger partial charge in [0, 0.05) is 24.8 Å². The SMILES string of the molecule is CCCCc1ccc(NC(=O)CSc2cc(N3CCCCC3)ncn2)cc1. The van der Waals surface area contributed by atoms with E-state index in [4.69, 9.17) is 0 Å². The summed E-state index contributed by atoms with van der Waals surface area (Å²) < 4.78 is 0. The van der Waals surface area contributed by atoms with Crippen LogP contribution in [0.4, 0.5) is 11.5 Å². The Morgan fingerprint density at radius 2 is 1.93 bits per heavy atom. The van der Waals surface area contributed by atoms with E-state index in [1.54, 1.807) is 6.33 Å². The highest BCUT2D eigenvalue weighted by Crippen LogP contribution is 2.22. The van der Waals surface area contributed by atoms with Crippen LogP contribution in [0, 0.1) is 0 Å². The molecule has 1 N–H and O–H groups in total. The van der Waals surface area contributed by atoms with E-state index in [9.17, 15) is 4.79 Å². The van der Waals surface area contributed by atoms with Crippen LogP contribution in [0.15, 0.2) is 41.7 Å². The van der Waals surface area contributed by atoms with Crippen LogP contribution in [0.25, 0.3) is 0 Å². The highest BCUT2D eigenvalue weighted by Gasteiger charge is 2.13. The van der Waals surface area contributed by atoms with E-state index in [1.807, 2.05) is 18.2 Å². The molecule has 0 unspecified atom stereocenters. The first kappa shape index (κ1) is 19.7. The summed E-state index contributed by atoms with van der Waals surface area (Å²) in [4.78, 5) is 23.2. The number of unbranched alkanes of at least 4 members (excludes halogenated alkanes) is 1. The maximum Gasteiger partial charge on any atom is 0.234 e. The molecule has 0 aliphatic carbocycles. The van der Waals surface area contributed by atoms with E-state index < -0.39 is 0 Å². The van der Waals surface area contributed by atoms with Crippen molar-refractivity contribution >= 4 is 29.2 Å². The molecule has 1 saturated heterocycles. The Hall–Kier alpha value is -2.08. The van der Waals surface area contributed by atoms with E-state index in [-0.39, 0.29) is 5.91 Å². The number of aryl methyl sites for hydroxylation is 1. The molecule has 1 fully saturated rings. The van der Waals surface area contributed by atoms with Crippen LogP contribution in [-0.2, 0) is 11.2 Å². The Kier molecular flexibility index (Phi) is 7.51. The van der Waals surface area contributed by atoms with Gasteiger partial charge in [0.1, 0.15) is 17.2 Å². The van der Waals surface area contributed by atoms with Crippen LogP contribution < -0.4 is 10.2 Å². The van der Waals surface area contributed by atoms with Gasteiger partial charge in [-0.05, 0) is 49.8 Å². The third kappa shape index (κ3) is 6.24. The van der Waals surface area contributed by atoms with E-state index in [1.165, 1.54) is 49.4 Å². The number of carbonyl (C=O) groups is 1. The third-order valence-electron chi connectivity index (χ3n) is 4.72. The van der Waals surface area contributed by atoms with Crippen LogP contribution in [-0.4, -0.2) is 34.7 Å². The van der Waals surface area contributed by atoms with Crippen LogP contribution in [0.3, 0.4) is 0 Å². The number of piperidine rings is 1. The predicted octanol–water partition coefficient (Wildman–Crippen LogP) is 4.54. The third-order valence-corrected chi connectivity index (χ3v) is 5.64. The van der Waals surface area contributed by atoms with Crippen molar-refractivity contribution in [2.75, 3.05) is 29.1 Å². The average molecular weight is 385 g/mol. The molecule has 0 spiro atoms. The van der Waals surface area contributed by atoms with Crippen molar-refractivity contribution < 1.29 is 4.79 Å². The fraction of sp³-hybridized carbons (Fsp3) is 0.476. The van der Waals surface area contributed by atoms with Gasteiger partial charge in [-0.2, -0.15) is 0 Å². The lowest BCUT2D eigenvalue weighted by molar-refractivity contribution is -0.113. The second-order valence-corrected chi connectivity index (χ2v) is 7.90. The molecule has 0 saturated carbocycles. The molecule has 2 heterocycles. The van der Waals surface area contributed by atoms with Crippen molar-refractivity contribution in [2.24, 2.45) is 0 Å². The van der Waals surface area contributed by atoms with Gasteiger partial charge in [-0.1, -0.05) is 37.2 Å². The minimum Gasteiger partial charge on any atom is -0.356 e. The number of amides is 1. The van der Waals surface area contributed by atoms with Gasteiger partial charge in [0.05, 0.1) is 5.75 Å². The van der Waals surface area contributed by atoms with Gasteiger partial charge in [-0.25, -0.2) is 9.97 Å². The van der Waals surface area contributed by atoms with Gasteiger partial charge in [-0.15, -0.1) is 0 Å². The summed E-state index contributed by atoms with van der Waals surface area (Å²) in [6.45, 7) is 4.30. The van der Waals surface area contributed by atoms with Gasteiger partial charge < -0.3 is 10.2 Å². The summed E-state index contributed by atoms with van der Waals surface area (Å²) in [5, 5.41) is 3.80. The highest BCUT2D eigenvalue weighted by atomic mass is 32.2. The standard InChI is InChI=1S/C21H28N4OS/c1-2-3-7-17-8-10-18(11-9-17)24-20(26)15-27-21-14-19(22-16-23-21)25-12-5-4-6-13-25/h8-11,14,16H,2-7,12-13,15H2,1H3,(H,24,26). The number of carbonyl (C=O) groups excluding carboxylic acids is 1. The Bertz CT molecular complexity index is 729. The van der Waals surface area contributed by atoms with Crippen LogP contribution in [0.2, 0.25) is 0 Å². The number of benzene rings is 1. The molecule has 1 aromatic carbocycles. The zero-order chi connectivity index (χ0) is 18.9. The Morgan fingerprint density at radius 1 is 1.15 bits per heavy atom. The minimum atomic E-state index is -0.0144. The molecule has 27 heavy (non-hydrogen) atoms. The summed E-state index contributed by atoms with van der Waals surface area (Å²) in [5.41, 5.74) is 2.16. The van der Waals surface area contributed by atoms with Crippen molar-refractivity contribution in [1.29, 1.82) is 0 Å². The van der Waals surface area contributed by atoms with E-state index in [0.29, 0.717) is 5.75 Å². The number of hydrogen-bond donors (Lipinski definition) is 1. The zero-order valence-corrected chi connectivity index (χ0v) is 16.8. The van der Waals surface area contributed by atoms with Gasteiger partial charge >= 0.3 is 0 Å². The van der Waals surface area contributed by atoms with Gasteiger partial charge in [-0.3, -0.25) is 4.79 Å². The molecule has 0 atom stereocenters. The molecule has 1 amide bonds. The van der Waals surface area contributed by atoms with Crippen molar-refractivity contribution in [3.8, 4) is 0 Å². The molecular weight excluding hydrogens is 356 g/mol. The van der Waals surface area contributed by atoms with E-state index in [0.717, 1.165) is 36.0 Å². The minimum absolute atomic E-state index is 0.0144. The summed E-state index contributed by atoms with van der Waals surface area (Å²) in [6, 6.07) is 10.1. The molecule has 6 heteroatoms. The molecule has 3 rings (SSSR count). The fourth-order valence-corrected chi connectivity index (χ4v) is 3.84. The molecule has 5 nitrogen and oxygen atoms in total. The molecule has 1 aliphatic rings. The number of rotatable bonds is 8. The summed E-state index contributed by atoms with van der Waals surface area (Å²) in [7, 11) is 0. The number of nitrogens with zero attached hydrogens (tertiary/aromatic N) is 3. The Balaban J connectivity index is 1.48. The average Bonchev–Trinajstić information content (AvgIpc) is 2.73. The summed E-state index contributed by atoms with van der Waals surface area (Å²) in [5.74, 6) is 1.29. The van der Waals surface area contributed by atoms with Crippen molar-refractivity contribution in [2.45, 2.75) is 50.5 Å². The van der Waals surface area contributed by atoms with Crippen molar-refractivity contribution in [1.82, 2.24) is 9.97 Å². The van der Waals surface area contributed by atoms with Gasteiger partial charge in [0.15, 0.2) is 0 Å². The first-order valence-corrected chi connectivity index (χ1v) is 10.8. The number of thioether (sulfide) groups is 1. The molecule has 1 aromatic heterocycles. The number of anilines is 2. The lowest BCUT2D eigenvalue weighted by Crippen LogP contribution is -2.30. The molecule has 1 aliphatic heterocycles. The Labute approximate surface area is 166 Å². The summed E-state index contributed by atoms with van der Waals surface area (Å²) >= 11 is 1.45. The second-order valence-electron chi connectivity index (χ2n) is 6.90. The lowest BCUT2D eigenvalue weighted by Gasteiger charge is -2.27. The van der Waals surface area contributed by atoms with E-state index >= 15 is 0 Å². The smallest absolute Gasteiger partial charge is 0.234 e. The van der Waals surface area contributed by atoms with Crippen LogP contribution in [0.5, 0.6) is 0 Å². The largest absolute Gasteiger partial charge is 0.356 e. The topological polar surface area (TPSA) is 58.1 Å². The first-order valence-electron chi connectivity index (χ1n) is 9.83. The normalized spacial score (nSPS) is 14.2. The molecular formula is C21H28N4OS. The number of nitrogens with one attached hydrogen (secondary N) is 1.